The van der Waals surface area contributed by atoms with Gasteiger partial charge in [-0.25, -0.2) is 0 Å². The highest BCUT2D eigenvalue weighted by Crippen LogP contribution is 2.30. The van der Waals surface area contributed by atoms with Crippen LogP contribution in [-0.2, 0) is 9.53 Å². The Balaban J connectivity index is 2.59. The molecule has 0 bridgehead atoms. The van der Waals surface area contributed by atoms with Crippen molar-refractivity contribution in [2.24, 2.45) is 11.7 Å². The van der Waals surface area contributed by atoms with Gasteiger partial charge in [0, 0.05) is 17.0 Å². The molecule has 19 heavy (non-hydrogen) atoms. The van der Waals surface area contributed by atoms with Crippen LogP contribution in [0.1, 0.15) is 31.9 Å². The van der Waals surface area contributed by atoms with E-state index in [9.17, 15) is 4.79 Å². The highest BCUT2D eigenvalue weighted by atomic mass is 32.2. The number of nitrogens with two attached hydrogens (primary N) is 1. The first kappa shape index (κ1) is 16.1. The maximum atomic E-state index is 11.1. The summed E-state index contributed by atoms with van der Waals surface area (Å²) in [6.45, 7) is 4.33. The maximum absolute atomic E-state index is 11.1. The molecule has 1 aromatic carbocycles. The van der Waals surface area contributed by atoms with Gasteiger partial charge >= 0.3 is 5.97 Å². The van der Waals surface area contributed by atoms with Crippen LogP contribution in [-0.4, -0.2) is 24.1 Å². The first-order chi connectivity index (χ1) is 9.06. The van der Waals surface area contributed by atoms with Crippen molar-refractivity contribution >= 4 is 17.7 Å². The summed E-state index contributed by atoms with van der Waals surface area (Å²) in [5.74, 6) is 1.04. The topological polar surface area (TPSA) is 52.3 Å². The number of rotatable bonds is 7. The molecule has 0 aliphatic carbocycles. The van der Waals surface area contributed by atoms with Gasteiger partial charge in [-0.05, 0) is 11.5 Å². The maximum Gasteiger partial charge on any atom is 0.306 e. The number of hydrogen-bond donors (Lipinski definition) is 1. The number of benzene rings is 1. The molecule has 3 nitrogen and oxygen atoms in total. The minimum absolute atomic E-state index is 0.0103. The SMILES string of the molecule is COC(=O)CCSC(C(C)C)C(N)c1ccccc1. The van der Waals surface area contributed by atoms with Gasteiger partial charge in [0.05, 0.1) is 13.5 Å². The number of thioether (sulfide) groups is 1. The highest BCUT2D eigenvalue weighted by Gasteiger charge is 2.23. The number of esters is 1. The van der Waals surface area contributed by atoms with E-state index in [0.717, 1.165) is 11.3 Å². The van der Waals surface area contributed by atoms with Gasteiger partial charge in [0.2, 0.25) is 0 Å². The van der Waals surface area contributed by atoms with E-state index in [4.69, 9.17) is 5.73 Å². The lowest BCUT2D eigenvalue weighted by Gasteiger charge is -2.27. The Morgan fingerprint density at radius 2 is 1.95 bits per heavy atom. The molecule has 1 aromatic rings. The molecule has 0 saturated heterocycles. The third kappa shape index (κ3) is 5.25. The molecular weight excluding hydrogens is 258 g/mol. The number of methoxy groups -OCH3 is 1. The molecule has 0 spiro atoms. The Kier molecular flexibility index (Phi) is 6.95. The number of hydrogen-bond acceptors (Lipinski definition) is 4. The second-order valence-corrected chi connectivity index (χ2v) is 6.13. The molecular formula is C15H23NO2S. The zero-order chi connectivity index (χ0) is 14.3. The normalized spacial score (nSPS) is 14.2. The van der Waals surface area contributed by atoms with Crippen LogP contribution in [0.3, 0.4) is 0 Å². The average molecular weight is 281 g/mol. The van der Waals surface area contributed by atoms with Crippen LogP contribution < -0.4 is 5.73 Å². The first-order valence-corrected chi connectivity index (χ1v) is 7.60. The fourth-order valence-electron chi connectivity index (χ4n) is 1.96. The van der Waals surface area contributed by atoms with Crippen molar-refractivity contribution in [2.45, 2.75) is 31.6 Å². The second kappa shape index (κ2) is 8.23. The molecule has 2 atom stereocenters. The summed E-state index contributed by atoms with van der Waals surface area (Å²) >= 11 is 1.75. The molecule has 0 aliphatic heterocycles. The van der Waals surface area contributed by atoms with Crippen molar-refractivity contribution in [3.8, 4) is 0 Å². The van der Waals surface area contributed by atoms with Gasteiger partial charge in [0.15, 0.2) is 0 Å². The Morgan fingerprint density at radius 3 is 2.47 bits per heavy atom. The van der Waals surface area contributed by atoms with Crippen LogP contribution in [0.2, 0.25) is 0 Å². The average Bonchev–Trinajstić information content (AvgIpc) is 2.43. The summed E-state index contributed by atoms with van der Waals surface area (Å²) in [6.07, 6.45) is 0.436. The predicted octanol–water partition coefficient (Wildman–Crippen LogP) is 3.01. The van der Waals surface area contributed by atoms with E-state index < -0.39 is 0 Å². The molecule has 0 radical (unpaired) electrons. The third-order valence-electron chi connectivity index (χ3n) is 3.04. The van der Waals surface area contributed by atoms with Crippen LogP contribution in [0, 0.1) is 5.92 Å². The number of carbonyl (C=O) groups excluding carboxylic acids is 1. The van der Waals surface area contributed by atoms with Crippen molar-refractivity contribution in [3.63, 3.8) is 0 Å². The van der Waals surface area contributed by atoms with Crippen molar-refractivity contribution in [2.75, 3.05) is 12.9 Å². The van der Waals surface area contributed by atoms with E-state index in [1.807, 2.05) is 18.2 Å². The van der Waals surface area contributed by atoms with Crippen LogP contribution in [0.25, 0.3) is 0 Å². The third-order valence-corrected chi connectivity index (χ3v) is 4.70. The fraction of sp³-hybridized carbons (Fsp3) is 0.533. The van der Waals surface area contributed by atoms with Crippen LogP contribution >= 0.6 is 11.8 Å². The zero-order valence-corrected chi connectivity index (χ0v) is 12.7. The highest BCUT2D eigenvalue weighted by molar-refractivity contribution is 7.99. The standard InChI is InChI=1S/C15H23NO2S/c1-11(2)15(19-10-9-13(17)18-3)14(16)12-7-5-4-6-8-12/h4-8,11,14-15H,9-10,16H2,1-3H3. The largest absolute Gasteiger partial charge is 0.469 e. The summed E-state index contributed by atoms with van der Waals surface area (Å²) < 4.78 is 4.65. The van der Waals surface area contributed by atoms with E-state index >= 15 is 0 Å². The molecule has 4 heteroatoms. The lowest BCUT2D eigenvalue weighted by atomic mass is 9.97. The molecule has 0 amide bonds. The monoisotopic (exact) mass is 281 g/mol. The van der Waals surface area contributed by atoms with E-state index in [1.165, 1.54) is 7.11 Å². The van der Waals surface area contributed by atoms with Gasteiger partial charge < -0.3 is 10.5 Å². The number of carbonyl (C=O) groups is 1. The molecule has 0 heterocycles. The van der Waals surface area contributed by atoms with Crippen molar-refractivity contribution in [3.05, 3.63) is 35.9 Å². The molecule has 0 fully saturated rings. The van der Waals surface area contributed by atoms with Crippen molar-refractivity contribution in [1.82, 2.24) is 0 Å². The van der Waals surface area contributed by atoms with E-state index in [-0.39, 0.29) is 12.0 Å². The van der Waals surface area contributed by atoms with Gasteiger partial charge in [-0.15, -0.1) is 0 Å². The fourth-order valence-corrected chi connectivity index (χ4v) is 3.26. The van der Waals surface area contributed by atoms with Gasteiger partial charge in [-0.2, -0.15) is 11.8 Å². The van der Waals surface area contributed by atoms with E-state index in [0.29, 0.717) is 17.6 Å². The van der Waals surface area contributed by atoms with Crippen LogP contribution in [0.15, 0.2) is 30.3 Å². The summed E-state index contributed by atoms with van der Waals surface area (Å²) in [5.41, 5.74) is 7.50. The Hall–Kier alpha value is -1.00. The Labute approximate surface area is 119 Å². The summed E-state index contributed by atoms with van der Waals surface area (Å²) in [4.78, 5) is 11.1. The van der Waals surface area contributed by atoms with Crippen molar-refractivity contribution < 1.29 is 9.53 Å². The molecule has 1 rings (SSSR count). The minimum atomic E-state index is -0.164. The lowest BCUT2D eigenvalue weighted by molar-refractivity contribution is -0.140. The van der Waals surface area contributed by atoms with Gasteiger partial charge in [0.25, 0.3) is 0 Å². The Morgan fingerprint density at radius 1 is 1.32 bits per heavy atom. The van der Waals surface area contributed by atoms with Crippen LogP contribution in [0.4, 0.5) is 0 Å². The first-order valence-electron chi connectivity index (χ1n) is 6.55. The molecule has 0 aliphatic rings. The molecule has 0 saturated carbocycles. The lowest BCUT2D eigenvalue weighted by Crippen LogP contribution is -2.28. The number of ether oxygens (including phenoxy) is 1. The summed E-state index contributed by atoms with van der Waals surface area (Å²) in [6, 6.07) is 10.1. The zero-order valence-electron chi connectivity index (χ0n) is 11.8. The molecule has 106 valence electrons. The Bertz CT molecular complexity index is 381. The molecule has 2 unspecified atom stereocenters. The van der Waals surface area contributed by atoms with Crippen molar-refractivity contribution in [1.29, 1.82) is 0 Å². The second-order valence-electron chi connectivity index (χ2n) is 4.84. The smallest absolute Gasteiger partial charge is 0.306 e. The molecule has 2 N–H and O–H groups in total. The quantitative estimate of drug-likeness (QED) is 0.781. The van der Waals surface area contributed by atoms with E-state index in [2.05, 4.69) is 30.7 Å². The summed E-state index contributed by atoms with van der Waals surface area (Å²) in [5, 5.41) is 0.298. The van der Waals surface area contributed by atoms with Gasteiger partial charge in [-0.3, -0.25) is 4.79 Å². The molecule has 0 aromatic heterocycles. The van der Waals surface area contributed by atoms with Gasteiger partial charge in [-0.1, -0.05) is 44.2 Å². The van der Waals surface area contributed by atoms with Gasteiger partial charge in [0.1, 0.15) is 0 Å². The minimum Gasteiger partial charge on any atom is -0.469 e. The van der Waals surface area contributed by atoms with E-state index in [1.54, 1.807) is 11.8 Å². The van der Waals surface area contributed by atoms with Crippen LogP contribution in [0.5, 0.6) is 0 Å². The predicted molar refractivity (Wildman–Crippen MR) is 81.1 cm³/mol. The summed E-state index contributed by atoms with van der Waals surface area (Å²) in [7, 11) is 1.42.